The Balaban J connectivity index is 1.50. The zero-order chi connectivity index (χ0) is 26.5. The molecule has 0 aromatic heterocycles. The largest absolute Gasteiger partial charge is 0.369 e. The third-order valence-electron chi connectivity index (χ3n) is 7.07. The Morgan fingerprint density at radius 2 is 1.35 bits per heavy atom. The maximum atomic E-state index is 13.3. The molecule has 0 aliphatic carbocycles. The van der Waals surface area contributed by atoms with Gasteiger partial charge in [-0.1, -0.05) is 47.5 Å². The monoisotopic (exact) mass is 563 g/mol. The molecule has 0 bridgehead atoms. The summed E-state index contributed by atoms with van der Waals surface area (Å²) in [4.78, 5) is 4.70. The minimum absolute atomic E-state index is 0.224. The Morgan fingerprint density at radius 3 is 1.84 bits per heavy atom. The fourth-order valence-corrected chi connectivity index (χ4v) is 5.79. The maximum absolute atomic E-state index is 13.3. The Morgan fingerprint density at radius 1 is 0.838 bits per heavy atom. The van der Waals surface area contributed by atoms with Gasteiger partial charge in [-0.2, -0.15) is 0 Å². The van der Waals surface area contributed by atoms with Crippen molar-refractivity contribution in [2.24, 2.45) is 0 Å². The summed E-state index contributed by atoms with van der Waals surface area (Å²) in [6, 6.07) is 21.9. The minimum atomic E-state index is -3.41. The van der Waals surface area contributed by atoms with Crippen LogP contribution in [-0.2, 0) is 15.4 Å². The average Bonchev–Trinajstić information content (AvgIpc) is 2.88. The fourth-order valence-electron chi connectivity index (χ4n) is 5.03. The Bertz CT molecular complexity index is 1220. The highest BCUT2D eigenvalue weighted by molar-refractivity contribution is 7.88. The summed E-state index contributed by atoms with van der Waals surface area (Å²) in [6.07, 6.45) is 2.78. The summed E-state index contributed by atoms with van der Waals surface area (Å²) < 4.78 is 40.3. The molecule has 0 saturated carbocycles. The van der Waals surface area contributed by atoms with Crippen molar-refractivity contribution in [3.63, 3.8) is 0 Å². The number of sulfonamides is 1. The van der Waals surface area contributed by atoms with Crippen LogP contribution in [0, 0.1) is 5.82 Å². The SMILES string of the molecule is CS(=O)(=O)NCC(CCCN1CCN(c2ccc(F)cc2)CC1)(c1ccc(Cl)cc1)c1ccc(Cl)cc1. The van der Waals surface area contributed by atoms with E-state index in [2.05, 4.69) is 14.5 Å². The van der Waals surface area contributed by atoms with E-state index in [0.29, 0.717) is 10.0 Å². The van der Waals surface area contributed by atoms with Gasteiger partial charge in [0, 0.05) is 53.9 Å². The van der Waals surface area contributed by atoms with Crippen molar-refractivity contribution in [2.45, 2.75) is 18.3 Å². The van der Waals surface area contributed by atoms with Crippen molar-refractivity contribution in [1.29, 1.82) is 0 Å². The van der Waals surface area contributed by atoms with E-state index in [4.69, 9.17) is 23.2 Å². The number of rotatable bonds is 10. The summed E-state index contributed by atoms with van der Waals surface area (Å²) in [5.74, 6) is -0.224. The van der Waals surface area contributed by atoms with Gasteiger partial charge in [0.25, 0.3) is 0 Å². The van der Waals surface area contributed by atoms with Crippen molar-refractivity contribution in [1.82, 2.24) is 9.62 Å². The average molecular weight is 565 g/mol. The molecule has 0 radical (unpaired) electrons. The summed E-state index contributed by atoms with van der Waals surface area (Å²) in [5.41, 5.74) is 2.44. The van der Waals surface area contributed by atoms with E-state index in [1.165, 1.54) is 18.4 Å². The lowest BCUT2D eigenvalue weighted by molar-refractivity contribution is 0.245. The van der Waals surface area contributed by atoms with E-state index in [1.54, 1.807) is 0 Å². The highest BCUT2D eigenvalue weighted by Crippen LogP contribution is 2.38. The molecule has 0 unspecified atom stereocenters. The molecule has 4 rings (SSSR count). The molecular weight excluding hydrogens is 532 g/mol. The molecule has 1 aliphatic rings. The second-order valence-corrected chi connectivity index (χ2v) is 12.3. The first kappa shape index (κ1) is 27.9. The predicted octanol–water partition coefficient (Wildman–Crippen LogP) is 5.57. The minimum Gasteiger partial charge on any atom is -0.369 e. The van der Waals surface area contributed by atoms with Crippen LogP contribution in [0.2, 0.25) is 10.0 Å². The van der Waals surface area contributed by atoms with Gasteiger partial charge in [-0.25, -0.2) is 17.5 Å². The van der Waals surface area contributed by atoms with Gasteiger partial charge in [0.05, 0.1) is 6.26 Å². The van der Waals surface area contributed by atoms with Gasteiger partial charge in [-0.05, 0) is 79.0 Å². The number of anilines is 1. The van der Waals surface area contributed by atoms with Crippen molar-refractivity contribution in [3.8, 4) is 0 Å². The highest BCUT2D eigenvalue weighted by atomic mass is 35.5. The molecule has 3 aromatic carbocycles. The lowest BCUT2D eigenvalue weighted by atomic mass is 9.71. The smallest absolute Gasteiger partial charge is 0.208 e. The van der Waals surface area contributed by atoms with Crippen LogP contribution in [0.5, 0.6) is 0 Å². The first-order valence-electron chi connectivity index (χ1n) is 12.3. The number of piperazine rings is 1. The van der Waals surface area contributed by atoms with Crippen molar-refractivity contribution in [3.05, 3.63) is 99.8 Å². The molecular formula is C28H32Cl2FN3O2S. The van der Waals surface area contributed by atoms with Gasteiger partial charge in [0.2, 0.25) is 10.0 Å². The zero-order valence-corrected chi connectivity index (χ0v) is 23.2. The zero-order valence-electron chi connectivity index (χ0n) is 20.8. The molecule has 3 aromatic rings. The molecule has 9 heteroatoms. The lowest BCUT2D eigenvalue weighted by Gasteiger charge is -2.38. The van der Waals surface area contributed by atoms with Crippen LogP contribution >= 0.6 is 23.2 Å². The topological polar surface area (TPSA) is 52.7 Å². The van der Waals surface area contributed by atoms with E-state index in [9.17, 15) is 12.8 Å². The molecule has 37 heavy (non-hydrogen) atoms. The number of hydrogen-bond donors (Lipinski definition) is 1. The van der Waals surface area contributed by atoms with Gasteiger partial charge in [-0.3, -0.25) is 4.90 Å². The van der Waals surface area contributed by atoms with Crippen LogP contribution in [0.3, 0.4) is 0 Å². The second kappa shape index (κ2) is 12.1. The first-order valence-corrected chi connectivity index (χ1v) is 15.0. The number of nitrogens with zero attached hydrogens (tertiary/aromatic N) is 2. The molecule has 1 saturated heterocycles. The van der Waals surface area contributed by atoms with E-state index >= 15 is 0 Å². The van der Waals surface area contributed by atoms with Crippen LogP contribution in [0.4, 0.5) is 10.1 Å². The van der Waals surface area contributed by atoms with E-state index in [0.717, 1.165) is 62.4 Å². The molecule has 1 heterocycles. The number of nitrogens with one attached hydrogen (secondary N) is 1. The Labute approximate surface area is 229 Å². The molecule has 0 spiro atoms. The van der Waals surface area contributed by atoms with Gasteiger partial charge >= 0.3 is 0 Å². The van der Waals surface area contributed by atoms with E-state index in [-0.39, 0.29) is 12.4 Å². The van der Waals surface area contributed by atoms with Crippen LogP contribution in [0.15, 0.2) is 72.8 Å². The van der Waals surface area contributed by atoms with Crippen molar-refractivity contribution in [2.75, 3.05) is 50.4 Å². The summed E-state index contributed by atoms with van der Waals surface area (Å²) >= 11 is 12.4. The predicted molar refractivity (Wildman–Crippen MR) is 151 cm³/mol. The third-order valence-corrected chi connectivity index (χ3v) is 8.24. The number of halogens is 3. The third kappa shape index (κ3) is 7.45. The Kier molecular flexibility index (Phi) is 9.14. The normalized spacial score (nSPS) is 15.2. The number of hydrogen-bond acceptors (Lipinski definition) is 4. The summed E-state index contributed by atoms with van der Waals surface area (Å²) in [7, 11) is -3.41. The molecule has 0 amide bonds. The molecule has 198 valence electrons. The van der Waals surface area contributed by atoms with Crippen molar-refractivity contribution < 1.29 is 12.8 Å². The molecule has 1 fully saturated rings. The van der Waals surface area contributed by atoms with Gasteiger partial charge in [-0.15, -0.1) is 0 Å². The number of benzene rings is 3. The van der Waals surface area contributed by atoms with E-state index in [1.807, 2.05) is 60.7 Å². The van der Waals surface area contributed by atoms with Crippen LogP contribution < -0.4 is 9.62 Å². The summed E-state index contributed by atoms with van der Waals surface area (Å²) in [6.45, 7) is 4.69. The van der Waals surface area contributed by atoms with Crippen molar-refractivity contribution >= 4 is 38.9 Å². The first-order chi connectivity index (χ1) is 17.6. The highest BCUT2D eigenvalue weighted by Gasteiger charge is 2.35. The second-order valence-electron chi connectivity index (χ2n) is 9.60. The molecule has 1 aliphatic heterocycles. The molecule has 1 N–H and O–H groups in total. The summed E-state index contributed by atoms with van der Waals surface area (Å²) in [5, 5.41) is 1.26. The van der Waals surface area contributed by atoms with Crippen LogP contribution in [-0.4, -0.2) is 58.8 Å². The fraction of sp³-hybridized carbons (Fsp3) is 0.357. The maximum Gasteiger partial charge on any atom is 0.208 e. The Hall–Kier alpha value is -2.16. The molecule has 5 nitrogen and oxygen atoms in total. The van der Waals surface area contributed by atoms with Crippen LogP contribution in [0.1, 0.15) is 24.0 Å². The standard InChI is InChI=1S/C28H32Cl2FN3O2S/c1-37(35,36)32-21-28(22-3-7-24(29)8-4-22,23-5-9-25(30)10-6-23)15-2-16-33-17-19-34(20-18-33)27-13-11-26(31)12-14-27/h3-14,32H,2,15-21H2,1H3. The van der Waals surface area contributed by atoms with Crippen LogP contribution in [0.25, 0.3) is 0 Å². The van der Waals surface area contributed by atoms with Gasteiger partial charge < -0.3 is 4.90 Å². The van der Waals surface area contributed by atoms with Gasteiger partial charge in [0.1, 0.15) is 5.82 Å². The van der Waals surface area contributed by atoms with Gasteiger partial charge in [0.15, 0.2) is 0 Å². The van der Waals surface area contributed by atoms with E-state index < -0.39 is 15.4 Å². The lowest BCUT2D eigenvalue weighted by Crippen LogP contribution is -2.47. The quantitative estimate of drug-likeness (QED) is 0.350. The molecule has 0 atom stereocenters.